The van der Waals surface area contributed by atoms with Crippen molar-refractivity contribution in [2.45, 2.75) is 116 Å². The first-order chi connectivity index (χ1) is 22.2. The highest BCUT2D eigenvalue weighted by Crippen LogP contribution is 2.45. The Morgan fingerprint density at radius 1 is 1.17 bits per heavy atom. The van der Waals surface area contributed by atoms with Crippen LogP contribution in [0.15, 0.2) is 40.4 Å². The van der Waals surface area contributed by atoms with Gasteiger partial charge in [0.2, 0.25) is 17.9 Å². The number of hydrogen-bond acceptors (Lipinski definition) is 9. The lowest BCUT2D eigenvalue weighted by Crippen LogP contribution is -2.64. The molecule has 2 saturated heterocycles. The lowest BCUT2D eigenvalue weighted by atomic mass is 9.91. The molecule has 0 saturated carbocycles. The summed E-state index contributed by atoms with van der Waals surface area (Å²) in [6, 6.07) is 9.83. The van der Waals surface area contributed by atoms with Crippen LogP contribution in [0.1, 0.15) is 89.7 Å². The SMILES string of the molecule is Cc1ncsc1-c1ccc(CNC(=O)C2(O[Si](C)(C)C(C)(C)C)CCCN2C(=O)C(c2cc(OC3CCCCO3)no2)C(C)C)cc1. The molecule has 10 nitrogen and oxygen atoms in total. The third-order valence-corrected chi connectivity index (χ3v) is 15.2. The van der Waals surface area contributed by atoms with E-state index in [0.29, 0.717) is 44.2 Å². The van der Waals surface area contributed by atoms with Crippen LogP contribution in [0.2, 0.25) is 18.1 Å². The summed E-state index contributed by atoms with van der Waals surface area (Å²) in [7, 11) is -2.54. The molecule has 0 aliphatic carbocycles. The normalized spacial score (nSPS) is 21.2. The smallest absolute Gasteiger partial charge is 0.272 e. The molecule has 0 radical (unpaired) electrons. The third kappa shape index (κ3) is 7.66. The number of ether oxygens (including phenoxy) is 2. The van der Waals surface area contributed by atoms with E-state index in [9.17, 15) is 9.59 Å². The van der Waals surface area contributed by atoms with Gasteiger partial charge < -0.3 is 28.6 Å². The first kappa shape index (κ1) is 35.2. The van der Waals surface area contributed by atoms with Crippen LogP contribution < -0.4 is 10.1 Å². The number of carbonyl (C=O) groups is 2. The molecule has 2 aliphatic heterocycles. The molecule has 3 atom stereocenters. The van der Waals surface area contributed by atoms with E-state index in [4.69, 9.17) is 18.4 Å². The number of nitrogens with one attached hydrogen (secondary N) is 1. The molecule has 4 heterocycles. The van der Waals surface area contributed by atoms with Crippen LogP contribution in [-0.2, 0) is 25.3 Å². The summed E-state index contributed by atoms with van der Waals surface area (Å²) < 4.78 is 24.4. The van der Waals surface area contributed by atoms with E-state index in [1.807, 2.05) is 38.4 Å². The third-order valence-electron chi connectivity index (χ3n) is 9.74. The number of thiazole rings is 1. The minimum Gasteiger partial charge on any atom is -0.446 e. The van der Waals surface area contributed by atoms with Crippen molar-refractivity contribution in [3.05, 3.63) is 52.9 Å². The van der Waals surface area contributed by atoms with E-state index in [-0.39, 0.29) is 29.1 Å². The molecule has 5 rings (SSSR count). The van der Waals surface area contributed by atoms with Crippen molar-refractivity contribution in [2.24, 2.45) is 5.92 Å². The van der Waals surface area contributed by atoms with Gasteiger partial charge in [-0.2, -0.15) is 0 Å². The van der Waals surface area contributed by atoms with Crippen molar-refractivity contribution in [2.75, 3.05) is 13.2 Å². The highest BCUT2D eigenvalue weighted by atomic mass is 32.1. The van der Waals surface area contributed by atoms with Crippen molar-refractivity contribution in [3.63, 3.8) is 0 Å². The Kier molecular flexibility index (Phi) is 10.6. The molecule has 0 spiro atoms. The number of hydrogen-bond donors (Lipinski definition) is 1. The number of aryl methyl sites for hydroxylation is 1. The van der Waals surface area contributed by atoms with Gasteiger partial charge in [-0.3, -0.25) is 9.59 Å². The van der Waals surface area contributed by atoms with Crippen LogP contribution >= 0.6 is 11.3 Å². The maximum Gasteiger partial charge on any atom is 0.272 e. The van der Waals surface area contributed by atoms with E-state index in [1.54, 1.807) is 22.3 Å². The van der Waals surface area contributed by atoms with Gasteiger partial charge in [-0.15, -0.1) is 11.3 Å². The predicted molar refractivity (Wildman–Crippen MR) is 184 cm³/mol. The van der Waals surface area contributed by atoms with Crippen molar-refractivity contribution in [1.29, 1.82) is 0 Å². The summed E-state index contributed by atoms with van der Waals surface area (Å²) in [5.41, 5.74) is 3.46. The van der Waals surface area contributed by atoms with Gasteiger partial charge in [0.1, 0.15) is 5.92 Å². The number of rotatable bonds is 11. The van der Waals surface area contributed by atoms with Crippen LogP contribution in [0.5, 0.6) is 5.88 Å². The van der Waals surface area contributed by atoms with Crippen LogP contribution in [0.4, 0.5) is 0 Å². The predicted octanol–water partition coefficient (Wildman–Crippen LogP) is 7.41. The Labute approximate surface area is 283 Å². The molecule has 256 valence electrons. The molecule has 2 aliphatic rings. The standard InChI is InChI=1S/C35H50N4O6SSi/c1-23(2)30(27-20-28(38-44-27)43-29-12-9-10-19-42-29)32(40)39-18-11-17-35(39,45-47(7,8)34(4,5)6)33(41)36-21-25-13-15-26(16-14-25)31-24(3)37-22-46-31/h13-16,20,22-23,29-30H,9-12,17-19,21H2,1-8H3,(H,36,41). The van der Waals surface area contributed by atoms with Gasteiger partial charge >= 0.3 is 0 Å². The minimum absolute atomic E-state index is 0.135. The fraction of sp³-hybridized carbons (Fsp3) is 0.600. The molecule has 0 bridgehead atoms. The Bertz CT molecular complexity index is 1530. The average Bonchev–Trinajstić information content (AvgIpc) is 3.76. The lowest BCUT2D eigenvalue weighted by molar-refractivity contribution is -0.167. The molecule has 2 fully saturated rings. The van der Waals surface area contributed by atoms with E-state index < -0.39 is 20.0 Å². The number of amides is 2. The molecule has 2 aromatic heterocycles. The fourth-order valence-electron chi connectivity index (χ4n) is 6.03. The molecule has 3 unspecified atom stereocenters. The van der Waals surface area contributed by atoms with Gasteiger partial charge in [-0.1, -0.05) is 58.9 Å². The van der Waals surface area contributed by atoms with Crippen LogP contribution in [0.25, 0.3) is 10.4 Å². The molecule has 47 heavy (non-hydrogen) atoms. The quantitative estimate of drug-likeness (QED) is 0.208. The molecule has 3 aromatic rings. The van der Waals surface area contributed by atoms with E-state index in [1.165, 1.54) is 0 Å². The second-order valence-electron chi connectivity index (χ2n) is 14.6. The van der Waals surface area contributed by atoms with Gasteiger partial charge in [0.25, 0.3) is 11.8 Å². The van der Waals surface area contributed by atoms with E-state index in [0.717, 1.165) is 41.0 Å². The maximum absolute atomic E-state index is 14.6. The molecular weight excluding hydrogens is 633 g/mol. The summed E-state index contributed by atoms with van der Waals surface area (Å²) in [6.07, 6.45) is 3.49. The number of aromatic nitrogens is 2. The molecular formula is C35H50N4O6SSi. The van der Waals surface area contributed by atoms with E-state index >= 15 is 0 Å². The van der Waals surface area contributed by atoms with Crippen molar-refractivity contribution < 1.29 is 28.0 Å². The highest BCUT2D eigenvalue weighted by molar-refractivity contribution is 7.13. The highest BCUT2D eigenvalue weighted by Gasteiger charge is 2.57. The zero-order valence-corrected chi connectivity index (χ0v) is 30.9. The summed E-state index contributed by atoms with van der Waals surface area (Å²) in [5.74, 6) is -0.626. The molecule has 1 N–H and O–H groups in total. The van der Waals surface area contributed by atoms with Gasteiger partial charge in [-0.05, 0) is 66.5 Å². The Morgan fingerprint density at radius 3 is 2.53 bits per heavy atom. The van der Waals surface area contributed by atoms with Crippen LogP contribution in [0.3, 0.4) is 0 Å². The summed E-state index contributed by atoms with van der Waals surface area (Å²) >= 11 is 1.61. The Balaban J connectivity index is 1.39. The van der Waals surface area contributed by atoms with Gasteiger partial charge in [0.05, 0.1) is 22.7 Å². The molecule has 12 heteroatoms. The topological polar surface area (TPSA) is 116 Å². The summed E-state index contributed by atoms with van der Waals surface area (Å²) in [4.78, 5) is 36.2. The second kappa shape index (κ2) is 14.2. The molecule has 2 amide bonds. The Hall–Kier alpha value is -3.06. The number of carbonyl (C=O) groups excluding carboxylic acids is 2. The maximum atomic E-state index is 14.6. The van der Waals surface area contributed by atoms with Crippen molar-refractivity contribution in [1.82, 2.24) is 20.4 Å². The summed E-state index contributed by atoms with van der Waals surface area (Å²) in [5, 5.41) is 7.09. The number of likely N-dealkylation sites (tertiary alicyclic amines) is 1. The largest absolute Gasteiger partial charge is 0.446 e. The number of nitrogens with zero attached hydrogens (tertiary/aromatic N) is 3. The minimum atomic E-state index is -2.54. The van der Waals surface area contributed by atoms with E-state index in [2.05, 4.69) is 61.5 Å². The Morgan fingerprint density at radius 2 is 1.91 bits per heavy atom. The second-order valence-corrected chi connectivity index (χ2v) is 20.2. The van der Waals surface area contributed by atoms with Gasteiger partial charge in [-0.25, -0.2) is 4.98 Å². The first-order valence-electron chi connectivity index (χ1n) is 16.8. The zero-order chi connectivity index (χ0) is 34.0. The fourth-order valence-corrected chi connectivity index (χ4v) is 8.30. The average molecular weight is 683 g/mol. The van der Waals surface area contributed by atoms with Crippen LogP contribution in [-0.4, -0.2) is 60.3 Å². The van der Waals surface area contributed by atoms with Crippen molar-refractivity contribution in [3.8, 4) is 16.3 Å². The number of benzene rings is 1. The zero-order valence-electron chi connectivity index (χ0n) is 29.1. The van der Waals surface area contributed by atoms with Crippen molar-refractivity contribution >= 4 is 31.5 Å². The first-order valence-corrected chi connectivity index (χ1v) is 20.5. The lowest BCUT2D eigenvalue weighted by Gasteiger charge is -2.47. The molecule has 1 aromatic carbocycles. The monoisotopic (exact) mass is 682 g/mol. The van der Waals surface area contributed by atoms with Gasteiger partial charge in [0.15, 0.2) is 14.1 Å². The van der Waals surface area contributed by atoms with Gasteiger partial charge in [0, 0.05) is 32.0 Å². The summed E-state index contributed by atoms with van der Waals surface area (Å²) in [6.45, 7) is 18.0. The van der Waals surface area contributed by atoms with Crippen LogP contribution in [0, 0.1) is 12.8 Å².